The molecule has 0 aliphatic rings. The Balaban J connectivity index is 2.37. The van der Waals surface area contributed by atoms with Crippen LogP contribution in [-0.2, 0) is 14.3 Å². The van der Waals surface area contributed by atoms with Gasteiger partial charge in [-0.1, -0.05) is 22.9 Å². The second-order valence-electron chi connectivity index (χ2n) is 4.61. The molecule has 0 heterocycles. The molecule has 2 amide bonds. The van der Waals surface area contributed by atoms with Crippen LogP contribution in [0.5, 0.6) is 0 Å². The van der Waals surface area contributed by atoms with Gasteiger partial charge in [-0.3, -0.25) is 14.4 Å². The van der Waals surface area contributed by atoms with Crippen LogP contribution in [0, 0.1) is 0 Å². The highest BCUT2D eigenvalue weighted by Crippen LogP contribution is 2.10. The largest absolute Gasteiger partial charge is 0.451 e. The lowest BCUT2D eigenvalue weighted by Gasteiger charge is -2.13. The first-order valence-corrected chi connectivity index (χ1v) is 7.74. The van der Waals surface area contributed by atoms with Gasteiger partial charge in [-0.05, 0) is 37.6 Å². The standard InChI is InChI=1S/C15H19BrN2O4/c1-3-8-17-14(20)10(2)22-13(19)9-18-15(21)11-4-6-12(16)7-5-11/h4-7,10H,3,8-9H2,1-2H3,(H,17,20)(H,18,21). The quantitative estimate of drug-likeness (QED) is 0.714. The van der Waals surface area contributed by atoms with Crippen molar-refractivity contribution in [2.24, 2.45) is 0 Å². The van der Waals surface area contributed by atoms with Crippen LogP contribution in [-0.4, -0.2) is 37.0 Å². The molecule has 0 aliphatic heterocycles. The van der Waals surface area contributed by atoms with Gasteiger partial charge in [0.2, 0.25) is 0 Å². The van der Waals surface area contributed by atoms with Crippen molar-refractivity contribution in [3.8, 4) is 0 Å². The number of hydrogen-bond donors (Lipinski definition) is 2. The highest BCUT2D eigenvalue weighted by molar-refractivity contribution is 9.10. The number of rotatable bonds is 7. The van der Waals surface area contributed by atoms with E-state index in [1.807, 2.05) is 6.92 Å². The predicted octanol–water partition coefficient (Wildman–Crippen LogP) is 1.64. The maximum atomic E-state index is 11.8. The van der Waals surface area contributed by atoms with Crippen molar-refractivity contribution in [2.75, 3.05) is 13.1 Å². The molecule has 0 aromatic heterocycles. The van der Waals surface area contributed by atoms with E-state index in [1.165, 1.54) is 6.92 Å². The third-order valence-electron chi connectivity index (χ3n) is 2.73. The minimum Gasteiger partial charge on any atom is -0.451 e. The molecule has 1 atom stereocenters. The van der Waals surface area contributed by atoms with Crippen LogP contribution in [0.25, 0.3) is 0 Å². The van der Waals surface area contributed by atoms with Crippen LogP contribution in [0.1, 0.15) is 30.6 Å². The van der Waals surface area contributed by atoms with Crippen molar-refractivity contribution >= 4 is 33.7 Å². The average Bonchev–Trinajstić information content (AvgIpc) is 2.50. The minimum atomic E-state index is -0.886. The number of nitrogens with one attached hydrogen (secondary N) is 2. The summed E-state index contributed by atoms with van der Waals surface area (Å²) in [5, 5.41) is 5.07. The third kappa shape index (κ3) is 6.26. The Morgan fingerprint density at radius 2 is 1.82 bits per heavy atom. The Hall–Kier alpha value is -1.89. The minimum absolute atomic E-state index is 0.291. The third-order valence-corrected chi connectivity index (χ3v) is 3.26. The lowest BCUT2D eigenvalue weighted by molar-refractivity contribution is -0.153. The molecule has 0 aliphatic carbocycles. The molecular formula is C15H19BrN2O4. The van der Waals surface area contributed by atoms with Gasteiger partial charge in [0.1, 0.15) is 6.54 Å². The molecule has 0 fully saturated rings. The topological polar surface area (TPSA) is 84.5 Å². The van der Waals surface area contributed by atoms with Gasteiger partial charge in [0.05, 0.1) is 0 Å². The molecular weight excluding hydrogens is 352 g/mol. The number of amides is 2. The summed E-state index contributed by atoms with van der Waals surface area (Å²) in [4.78, 5) is 35.0. The molecule has 1 rings (SSSR count). The molecule has 120 valence electrons. The van der Waals surface area contributed by atoms with Gasteiger partial charge in [-0.15, -0.1) is 0 Å². The lowest BCUT2D eigenvalue weighted by Crippen LogP contribution is -2.39. The van der Waals surface area contributed by atoms with E-state index in [0.717, 1.165) is 10.9 Å². The Morgan fingerprint density at radius 3 is 2.41 bits per heavy atom. The summed E-state index contributed by atoms with van der Waals surface area (Å²) < 4.78 is 5.80. The molecule has 1 unspecified atom stereocenters. The summed E-state index contributed by atoms with van der Waals surface area (Å²) in [6.07, 6.45) is -0.0843. The van der Waals surface area contributed by atoms with Crippen molar-refractivity contribution in [3.63, 3.8) is 0 Å². The number of ether oxygens (including phenoxy) is 1. The van der Waals surface area contributed by atoms with Gasteiger partial charge in [0.25, 0.3) is 11.8 Å². The number of carbonyl (C=O) groups excluding carboxylic acids is 3. The van der Waals surface area contributed by atoms with E-state index in [0.29, 0.717) is 12.1 Å². The molecule has 0 bridgehead atoms. The fraction of sp³-hybridized carbons (Fsp3) is 0.400. The summed E-state index contributed by atoms with van der Waals surface area (Å²) in [5.41, 5.74) is 0.435. The van der Waals surface area contributed by atoms with Gasteiger partial charge in [0.15, 0.2) is 6.10 Å². The first kappa shape index (κ1) is 18.2. The zero-order chi connectivity index (χ0) is 16.5. The summed E-state index contributed by atoms with van der Waals surface area (Å²) >= 11 is 3.27. The second kappa shape index (κ2) is 9.19. The van der Waals surface area contributed by atoms with Crippen molar-refractivity contribution in [2.45, 2.75) is 26.4 Å². The summed E-state index contributed by atoms with van der Waals surface area (Å²) in [6, 6.07) is 6.72. The number of benzene rings is 1. The number of carbonyl (C=O) groups is 3. The maximum Gasteiger partial charge on any atom is 0.326 e. The average molecular weight is 371 g/mol. The smallest absolute Gasteiger partial charge is 0.326 e. The van der Waals surface area contributed by atoms with E-state index in [-0.39, 0.29) is 18.4 Å². The first-order chi connectivity index (χ1) is 10.4. The molecule has 22 heavy (non-hydrogen) atoms. The zero-order valence-electron chi connectivity index (χ0n) is 12.5. The highest BCUT2D eigenvalue weighted by Gasteiger charge is 2.17. The van der Waals surface area contributed by atoms with Crippen LogP contribution in [0.2, 0.25) is 0 Å². The van der Waals surface area contributed by atoms with E-state index >= 15 is 0 Å². The van der Waals surface area contributed by atoms with Crippen molar-refractivity contribution in [3.05, 3.63) is 34.3 Å². The van der Waals surface area contributed by atoms with E-state index in [9.17, 15) is 14.4 Å². The molecule has 0 saturated carbocycles. The SMILES string of the molecule is CCCNC(=O)C(C)OC(=O)CNC(=O)c1ccc(Br)cc1. The number of esters is 1. The highest BCUT2D eigenvalue weighted by atomic mass is 79.9. The fourth-order valence-electron chi connectivity index (χ4n) is 1.54. The molecule has 2 N–H and O–H groups in total. The monoisotopic (exact) mass is 370 g/mol. The Kier molecular flexibility index (Phi) is 7.59. The fourth-order valence-corrected chi connectivity index (χ4v) is 1.80. The predicted molar refractivity (Wildman–Crippen MR) is 85.3 cm³/mol. The van der Waals surface area contributed by atoms with Crippen molar-refractivity contribution in [1.82, 2.24) is 10.6 Å². The summed E-state index contributed by atoms with van der Waals surface area (Å²) in [5.74, 6) is -1.40. The molecule has 0 saturated heterocycles. The van der Waals surface area contributed by atoms with Crippen LogP contribution >= 0.6 is 15.9 Å². The molecule has 0 radical (unpaired) electrons. The van der Waals surface area contributed by atoms with Crippen LogP contribution in [0.3, 0.4) is 0 Å². The molecule has 6 nitrogen and oxygen atoms in total. The van der Waals surface area contributed by atoms with E-state index in [2.05, 4.69) is 26.6 Å². The molecule has 1 aromatic rings. The normalized spacial score (nSPS) is 11.4. The van der Waals surface area contributed by atoms with E-state index in [4.69, 9.17) is 4.74 Å². The lowest BCUT2D eigenvalue weighted by atomic mass is 10.2. The zero-order valence-corrected chi connectivity index (χ0v) is 14.1. The van der Waals surface area contributed by atoms with Gasteiger partial charge in [0, 0.05) is 16.6 Å². The van der Waals surface area contributed by atoms with Crippen molar-refractivity contribution < 1.29 is 19.1 Å². The molecule has 1 aromatic carbocycles. The van der Waals surface area contributed by atoms with Crippen molar-refractivity contribution in [1.29, 1.82) is 0 Å². The van der Waals surface area contributed by atoms with E-state index < -0.39 is 12.1 Å². The van der Waals surface area contributed by atoms with Gasteiger partial charge in [-0.25, -0.2) is 0 Å². The number of hydrogen-bond acceptors (Lipinski definition) is 4. The Morgan fingerprint density at radius 1 is 1.18 bits per heavy atom. The maximum absolute atomic E-state index is 11.8. The van der Waals surface area contributed by atoms with Gasteiger partial charge >= 0.3 is 5.97 Å². The van der Waals surface area contributed by atoms with E-state index in [1.54, 1.807) is 24.3 Å². The summed E-state index contributed by atoms with van der Waals surface area (Å²) in [6.45, 7) is 3.65. The van der Waals surface area contributed by atoms with Crippen LogP contribution in [0.4, 0.5) is 0 Å². The van der Waals surface area contributed by atoms with Gasteiger partial charge in [-0.2, -0.15) is 0 Å². The Bertz CT molecular complexity index is 531. The molecule has 7 heteroatoms. The Labute approximate surface area is 137 Å². The second-order valence-corrected chi connectivity index (χ2v) is 5.53. The van der Waals surface area contributed by atoms with Crippen LogP contribution in [0.15, 0.2) is 28.7 Å². The van der Waals surface area contributed by atoms with Crippen LogP contribution < -0.4 is 10.6 Å². The molecule has 0 spiro atoms. The van der Waals surface area contributed by atoms with Gasteiger partial charge < -0.3 is 15.4 Å². The number of halogens is 1. The summed E-state index contributed by atoms with van der Waals surface area (Å²) in [7, 11) is 0. The first-order valence-electron chi connectivity index (χ1n) is 6.95.